The van der Waals surface area contributed by atoms with Crippen molar-refractivity contribution in [3.63, 3.8) is 0 Å². The number of nitrogens with two attached hydrogens (primary N) is 1. The van der Waals surface area contributed by atoms with Gasteiger partial charge in [-0.3, -0.25) is 4.79 Å². The van der Waals surface area contributed by atoms with Crippen LogP contribution in [0.4, 0.5) is 0 Å². The predicted molar refractivity (Wildman–Crippen MR) is 51.2 cm³/mol. The van der Waals surface area contributed by atoms with Crippen molar-refractivity contribution in [2.24, 2.45) is 11.7 Å². The molecule has 0 aromatic heterocycles. The highest BCUT2D eigenvalue weighted by atomic mass is 35.5. The molecule has 1 aliphatic rings. The van der Waals surface area contributed by atoms with Gasteiger partial charge in [0.1, 0.15) is 0 Å². The van der Waals surface area contributed by atoms with Crippen LogP contribution in [-0.4, -0.2) is 19.0 Å². The van der Waals surface area contributed by atoms with Crippen LogP contribution in [0.15, 0.2) is 0 Å². The molecular weight excluding hydrogens is 176 g/mol. The van der Waals surface area contributed by atoms with Crippen LogP contribution < -0.4 is 11.1 Å². The van der Waals surface area contributed by atoms with Crippen molar-refractivity contribution in [1.29, 1.82) is 0 Å². The fraction of sp³-hybridized carbons (Fsp3) is 0.875. The molecule has 0 saturated heterocycles. The van der Waals surface area contributed by atoms with Gasteiger partial charge in [-0.25, -0.2) is 0 Å². The van der Waals surface area contributed by atoms with Crippen LogP contribution in [-0.2, 0) is 4.79 Å². The van der Waals surface area contributed by atoms with E-state index in [1.165, 1.54) is 0 Å². The molecule has 4 heteroatoms. The Morgan fingerprint density at radius 3 is 2.67 bits per heavy atom. The maximum Gasteiger partial charge on any atom is 0.222 e. The summed E-state index contributed by atoms with van der Waals surface area (Å²) in [5.41, 5.74) is 5.74. The highest BCUT2D eigenvalue weighted by Crippen LogP contribution is 2.22. The number of carbonyl (C=O) groups excluding carboxylic acids is 1. The summed E-state index contributed by atoms with van der Waals surface area (Å²) >= 11 is 0. The summed E-state index contributed by atoms with van der Waals surface area (Å²) in [6.45, 7) is 0. The molecular formula is C8H17ClN2O. The van der Waals surface area contributed by atoms with Gasteiger partial charge in [0.05, 0.1) is 0 Å². The topological polar surface area (TPSA) is 55.1 Å². The molecule has 1 aliphatic carbocycles. The van der Waals surface area contributed by atoms with Crippen molar-refractivity contribution >= 4 is 18.3 Å². The normalized spacial score (nSPS) is 28.8. The first kappa shape index (κ1) is 11.7. The second kappa shape index (κ2) is 5.38. The molecule has 0 aliphatic heterocycles. The van der Waals surface area contributed by atoms with E-state index in [4.69, 9.17) is 5.73 Å². The Hall–Kier alpha value is -0.280. The zero-order valence-corrected chi connectivity index (χ0v) is 8.19. The average Bonchev–Trinajstić information content (AvgIpc) is 2.03. The van der Waals surface area contributed by atoms with Gasteiger partial charge in [0.15, 0.2) is 0 Å². The van der Waals surface area contributed by atoms with Gasteiger partial charge in [0.25, 0.3) is 0 Å². The molecule has 0 radical (unpaired) electrons. The monoisotopic (exact) mass is 192 g/mol. The van der Waals surface area contributed by atoms with Crippen LogP contribution >= 0.6 is 12.4 Å². The standard InChI is InChI=1S/C8H16N2O.ClH/c1-10-8(11)6-3-2-4-7(9)5-6;/h6-7H,2-5,9H2,1H3,(H,10,11);1H. The van der Waals surface area contributed by atoms with Crippen LogP contribution in [0.2, 0.25) is 0 Å². The van der Waals surface area contributed by atoms with Crippen molar-refractivity contribution in [1.82, 2.24) is 5.32 Å². The van der Waals surface area contributed by atoms with Gasteiger partial charge in [0, 0.05) is 19.0 Å². The molecule has 2 unspecified atom stereocenters. The molecule has 0 bridgehead atoms. The highest BCUT2D eigenvalue weighted by molar-refractivity contribution is 5.85. The molecule has 3 nitrogen and oxygen atoms in total. The SMILES string of the molecule is CNC(=O)C1CCCC(N)C1.Cl. The molecule has 3 N–H and O–H groups in total. The third kappa shape index (κ3) is 2.99. The molecule has 1 rings (SSSR count). The van der Waals surface area contributed by atoms with Gasteiger partial charge >= 0.3 is 0 Å². The van der Waals surface area contributed by atoms with Gasteiger partial charge in [0.2, 0.25) is 5.91 Å². The van der Waals surface area contributed by atoms with E-state index in [2.05, 4.69) is 5.32 Å². The lowest BCUT2D eigenvalue weighted by Crippen LogP contribution is -2.36. The van der Waals surface area contributed by atoms with E-state index in [1.54, 1.807) is 7.05 Å². The fourth-order valence-electron chi connectivity index (χ4n) is 1.67. The van der Waals surface area contributed by atoms with Crippen LogP contribution in [0.5, 0.6) is 0 Å². The summed E-state index contributed by atoms with van der Waals surface area (Å²) in [7, 11) is 1.68. The summed E-state index contributed by atoms with van der Waals surface area (Å²) in [5, 5.41) is 2.66. The first-order valence-corrected chi connectivity index (χ1v) is 4.21. The van der Waals surface area contributed by atoms with Gasteiger partial charge in [-0.15, -0.1) is 12.4 Å². The van der Waals surface area contributed by atoms with Gasteiger partial charge in [-0.05, 0) is 19.3 Å². The zero-order valence-electron chi connectivity index (χ0n) is 7.38. The number of amides is 1. The second-order valence-electron chi connectivity index (χ2n) is 3.24. The lowest BCUT2D eigenvalue weighted by atomic mass is 9.86. The summed E-state index contributed by atoms with van der Waals surface area (Å²) in [4.78, 5) is 11.1. The minimum absolute atomic E-state index is 0. The number of halogens is 1. The minimum atomic E-state index is 0. The molecule has 1 amide bonds. The van der Waals surface area contributed by atoms with Crippen molar-refractivity contribution in [2.75, 3.05) is 7.05 Å². The average molecular weight is 193 g/mol. The number of nitrogens with one attached hydrogen (secondary N) is 1. The first-order chi connectivity index (χ1) is 5.24. The molecule has 1 saturated carbocycles. The molecule has 0 aromatic carbocycles. The van der Waals surface area contributed by atoms with Crippen LogP contribution in [0.1, 0.15) is 25.7 Å². The summed E-state index contributed by atoms with van der Waals surface area (Å²) in [6, 6.07) is 0.242. The Bertz CT molecular complexity index is 152. The lowest BCUT2D eigenvalue weighted by Gasteiger charge is -2.24. The van der Waals surface area contributed by atoms with E-state index in [-0.39, 0.29) is 30.3 Å². The smallest absolute Gasteiger partial charge is 0.222 e. The lowest BCUT2D eigenvalue weighted by molar-refractivity contribution is -0.125. The Morgan fingerprint density at radius 1 is 1.50 bits per heavy atom. The van der Waals surface area contributed by atoms with Crippen molar-refractivity contribution < 1.29 is 4.79 Å². The summed E-state index contributed by atoms with van der Waals surface area (Å²) in [5.74, 6) is 0.323. The molecule has 0 heterocycles. The highest BCUT2D eigenvalue weighted by Gasteiger charge is 2.23. The quantitative estimate of drug-likeness (QED) is 0.642. The number of hydrogen-bond acceptors (Lipinski definition) is 2. The van der Waals surface area contributed by atoms with Gasteiger partial charge in [-0.2, -0.15) is 0 Å². The number of hydrogen-bond donors (Lipinski definition) is 2. The number of rotatable bonds is 1. The third-order valence-corrected chi connectivity index (χ3v) is 2.33. The van der Waals surface area contributed by atoms with E-state index < -0.39 is 0 Å². The Balaban J connectivity index is 0.00000121. The summed E-state index contributed by atoms with van der Waals surface area (Å²) in [6.07, 6.45) is 4.04. The third-order valence-electron chi connectivity index (χ3n) is 2.33. The predicted octanol–water partition coefficient (Wildman–Crippen LogP) is 0.672. The molecule has 12 heavy (non-hydrogen) atoms. The van der Waals surface area contributed by atoms with Crippen LogP contribution in [0.3, 0.4) is 0 Å². The largest absolute Gasteiger partial charge is 0.359 e. The van der Waals surface area contributed by atoms with Crippen LogP contribution in [0.25, 0.3) is 0 Å². The second-order valence-corrected chi connectivity index (χ2v) is 3.24. The van der Waals surface area contributed by atoms with Crippen molar-refractivity contribution in [3.8, 4) is 0 Å². The Morgan fingerprint density at radius 2 is 2.17 bits per heavy atom. The molecule has 1 fully saturated rings. The fourth-order valence-corrected chi connectivity index (χ4v) is 1.67. The van der Waals surface area contributed by atoms with Crippen LogP contribution in [0, 0.1) is 5.92 Å². The van der Waals surface area contributed by atoms with E-state index in [9.17, 15) is 4.79 Å². The van der Waals surface area contributed by atoms with E-state index in [1.807, 2.05) is 0 Å². The van der Waals surface area contributed by atoms with Gasteiger partial charge < -0.3 is 11.1 Å². The minimum Gasteiger partial charge on any atom is -0.359 e. The van der Waals surface area contributed by atoms with E-state index in [0.29, 0.717) is 0 Å². The molecule has 2 atom stereocenters. The van der Waals surface area contributed by atoms with Crippen molar-refractivity contribution in [2.45, 2.75) is 31.7 Å². The zero-order chi connectivity index (χ0) is 8.27. The Labute approximate surface area is 79.5 Å². The maximum atomic E-state index is 11.1. The molecule has 0 spiro atoms. The van der Waals surface area contributed by atoms with Crippen molar-refractivity contribution in [3.05, 3.63) is 0 Å². The first-order valence-electron chi connectivity index (χ1n) is 4.21. The Kier molecular flexibility index (Phi) is 5.25. The maximum absolute atomic E-state index is 11.1. The van der Waals surface area contributed by atoms with E-state index in [0.717, 1.165) is 25.7 Å². The van der Waals surface area contributed by atoms with Gasteiger partial charge in [-0.1, -0.05) is 6.42 Å². The molecule has 0 aromatic rings. The molecule has 72 valence electrons. The number of carbonyl (C=O) groups is 1. The summed E-state index contributed by atoms with van der Waals surface area (Å²) < 4.78 is 0. The van der Waals surface area contributed by atoms with E-state index >= 15 is 0 Å².